The summed E-state index contributed by atoms with van der Waals surface area (Å²) in [4.78, 5) is 18.5. The van der Waals surface area contributed by atoms with Crippen LogP contribution in [0.5, 0.6) is 0 Å². The van der Waals surface area contributed by atoms with Crippen LogP contribution in [0.4, 0.5) is 11.8 Å². The lowest BCUT2D eigenvalue weighted by atomic mass is 9.99. The first-order valence-corrected chi connectivity index (χ1v) is 12.0. The molecule has 0 radical (unpaired) electrons. The van der Waals surface area contributed by atoms with Gasteiger partial charge in [-0.1, -0.05) is 0 Å². The van der Waals surface area contributed by atoms with E-state index in [1.54, 1.807) is 6.20 Å². The number of hydrogen-bond acceptors (Lipinski definition) is 11. The fourth-order valence-electron chi connectivity index (χ4n) is 4.40. The van der Waals surface area contributed by atoms with Crippen LogP contribution in [0.3, 0.4) is 0 Å². The Morgan fingerprint density at radius 2 is 1.88 bits per heavy atom. The van der Waals surface area contributed by atoms with Gasteiger partial charge < -0.3 is 31.1 Å². The minimum Gasteiger partial charge on any atom is -0.394 e. The standard InChI is InChI=1S/C22H28N6O4S/c1-9-16(21-27-17-10(2)23-6-5-15(17)33-21)20(28-22(24-9)25-11-3-4-11)26-13-7-12(14(30)8-29)18(31)19(13)32/h5-6,11-14,18-19,29-32H,3-4,7-8H2,1-2H3,(H2,24,25,26,28). The Kier molecular flexibility index (Phi) is 5.91. The highest BCUT2D eigenvalue weighted by Crippen LogP contribution is 2.39. The molecule has 2 saturated carbocycles. The van der Waals surface area contributed by atoms with E-state index < -0.39 is 36.9 Å². The summed E-state index contributed by atoms with van der Waals surface area (Å²) in [5.41, 5.74) is 3.13. The molecule has 0 aromatic carbocycles. The Balaban J connectivity index is 1.54. The van der Waals surface area contributed by atoms with E-state index >= 15 is 0 Å². The number of pyridine rings is 1. The fourth-order valence-corrected chi connectivity index (χ4v) is 5.51. The molecule has 5 atom stereocenters. The number of aryl methyl sites for hydroxylation is 2. The molecule has 176 valence electrons. The quantitative estimate of drug-likeness (QED) is 0.295. The summed E-state index contributed by atoms with van der Waals surface area (Å²) in [6.45, 7) is 3.34. The lowest BCUT2D eigenvalue weighted by Crippen LogP contribution is -2.37. The van der Waals surface area contributed by atoms with Crippen molar-refractivity contribution in [3.63, 3.8) is 0 Å². The number of nitrogens with zero attached hydrogens (tertiary/aromatic N) is 4. The van der Waals surface area contributed by atoms with Gasteiger partial charge in [-0.25, -0.2) is 9.97 Å². The molecule has 0 spiro atoms. The number of aliphatic hydroxyl groups excluding tert-OH is 4. The molecule has 5 unspecified atom stereocenters. The van der Waals surface area contributed by atoms with Gasteiger partial charge in [0.25, 0.3) is 0 Å². The van der Waals surface area contributed by atoms with Crippen molar-refractivity contribution >= 4 is 33.3 Å². The van der Waals surface area contributed by atoms with Crippen LogP contribution in [-0.2, 0) is 0 Å². The highest BCUT2D eigenvalue weighted by atomic mass is 32.1. The Morgan fingerprint density at radius 3 is 2.58 bits per heavy atom. The highest BCUT2D eigenvalue weighted by molar-refractivity contribution is 7.21. The third kappa shape index (κ3) is 4.26. The number of anilines is 2. The third-order valence-electron chi connectivity index (χ3n) is 6.43. The number of hydrogen-bond donors (Lipinski definition) is 6. The molecule has 5 rings (SSSR count). The van der Waals surface area contributed by atoms with E-state index in [-0.39, 0.29) is 6.42 Å². The monoisotopic (exact) mass is 472 g/mol. The number of thiazole rings is 1. The van der Waals surface area contributed by atoms with Crippen molar-refractivity contribution in [3.8, 4) is 10.6 Å². The Morgan fingerprint density at radius 1 is 1.09 bits per heavy atom. The Bertz CT molecular complexity index is 1170. The van der Waals surface area contributed by atoms with Crippen LogP contribution in [0.25, 0.3) is 20.8 Å². The van der Waals surface area contributed by atoms with Gasteiger partial charge in [-0.15, -0.1) is 11.3 Å². The maximum Gasteiger partial charge on any atom is 0.225 e. The van der Waals surface area contributed by atoms with Crippen LogP contribution >= 0.6 is 11.3 Å². The van der Waals surface area contributed by atoms with Gasteiger partial charge in [-0.3, -0.25) is 4.98 Å². The van der Waals surface area contributed by atoms with Gasteiger partial charge in [0.15, 0.2) is 0 Å². The van der Waals surface area contributed by atoms with Gasteiger partial charge in [0.2, 0.25) is 5.95 Å². The normalized spacial score (nSPS) is 26.0. The van der Waals surface area contributed by atoms with E-state index in [0.29, 0.717) is 17.8 Å². The summed E-state index contributed by atoms with van der Waals surface area (Å²) in [5, 5.41) is 47.8. The minimum absolute atomic E-state index is 0.279. The summed E-state index contributed by atoms with van der Waals surface area (Å²) in [5.74, 6) is 0.361. The van der Waals surface area contributed by atoms with Gasteiger partial charge in [0.05, 0.1) is 46.5 Å². The van der Waals surface area contributed by atoms with Gasteiger partial charge in [-0.2, -0.15) is 4.98 Å². The predicted octanol–water partition coefficient (Wildman–Crippen LogP) is 1.21. The predicted molar refractivity (Wildman–Crippen MR) is 125 cm³/mol. The van der Waals surface area contributed by atoms with Gasteiger partial charge in [0.1, 0.15) is 22.4 Å². The van der Waals surface area contributed by atoms with Gasteiger partial charge >= 0.3 is 0 Å². The van der Waals surface area contributed by atoms with Crippen molar-refractivity contribution in [2.24, 2.45) is 5.92 Å². The van der Waals surface area contributed by atoms with Gasteiger partial charge in [0, 0.05) is 18.2 Å². The summed E-state index contributed by atoms with van der Waals surface area (Å²) in [6.07, 6.45) is 0.794. The molecule has 2 fully saturated rings. The second-order valence-electron chi connectivity index (χ2n) is 8.92. The molecule has 0 bridgehead atoms. The van der Waals surface area contributed by atoms with E-state index in [9.17, 15) is 20.4 Å². The largest absolute Gasteiger partial charge is 0.394 e. The zero-order valence-corrected chi connectivity index (χ0v) is 19.2. The first-order valence-electron chi connectivity index (χ1n) is 11.1. The van der Waals surface area contributed by atoms with Gasteiger partial charge in [-0.05, 0) is 39.2 Å². The number of nitrogens with one attached hydrogen (secondary N) is 2. The average molecular weight is 473 g/mol. The van der Waals surface area contributed by atoms with E-state index in [1.165, 1.54) is 11.3 Å². The third-order valence-corrected chi connectivity index (χ3v) is 7.47. The molecule has 3 heterocycles. The first kappa shape index (κ1) is 22.4. The van der Waals surface area contributed by atoms with Crippen molar-refractivity contribution in [1.29, 1.82) is 0 Å². The number of fused-ring (bicyclic) bond motifs is 1. The van der Waals surface area contributed by atoms with E-state index in [4.69, 9.17) is 9.97 Å². The van der Waals surface area contributed by atoms with Crippen molar-refractivity contribution in [2.45, 2.75) is 63.5 Å². The second-order valence-corrected chi connectivity index (χ2v) is 9.95. The number of rotatable bonds is 7. The zero-order valence-electron chi connectivity index (χ0n) is 18.4. The molecule has 0 amide bonds. The molecule has 3 aromatic rings. The molecule has 0 saturated heterocycles. The zero-order chi connectivity index (χ0) is 23.3. The van der Waals surface area contributed by atoms with Crippen LogP contribution in [0.2, 0.25) is 0 Å². The highest BCUT2D eigenvalue weighted by Gasteiger charge is 2.45. The lowest BCUT2D eigenvalue weighted by molar-refractivity contribution is -0.0368. The minimum atomic E-state index is -1.16. The average Bonchev–Trinajstić information content (AvgIpc) is 3.42. The molecule has 10 nitrogen and oxygen atoms in total. The maximum atomic E-state index is 10.7. The van der Waals surface area contributed by atoms with Crippen LogP contribution in [-0.4, -0.2) is 77.4 Å². The molecular weight excluding hydrogens is 444 g/mol. The van der Waals surface area contributed by atoms with E-state index in [2.05, 4.69) is 20.6 Å². The van der Waals surface area contributed by atoms with Crippen molar-refractivity contribution < 1.29 is 20.4 Å². The maximum absolute atomic E-state index is 10.7. The number of aliphatic hydroxyl groups is 4. The second kappa shape index (κ2) is 8.73. The molecule has 2 aliphatic carbocycles. The van der Waals surface area contributed by atoms with Crippen LogP contribution < -0.4 is 10.6 Å². The van der Waals surface area contributed by atoms with Crippen LogP contribution in [0.1, 0.15) is 30.7 Å². The summed E-state index contributed by atoms with van der Waals surface area (Å²) >= 11 is 1.52. The molecule has 3 aromatic heterocycles. The van der Waals surface area contributed by atoms with Crippen molar-refractivity contribution in [2.75, 3.05) is 17.2 Å². The summed E-state index contributed by atoms with van der Waals surface area (Å²) < 4.78 is 1.01. The lowest BCUT2D eigenvalue weighted by Gasteiger charge is -2.21. The Hall–Kier alpha value is -2.44. The summed E-state index contributed by atoms with van der Waals surface area (Å²) in [6, 6.07) is 1.72. The molecule has 6 N–H and O–H groups in total. The molecule has 0 aliphatic heterocycles. The van der Waals surface area contributed by atoms with Crippen LogP contribution in [0, 0.1) is 19.8 Å². The Labute approximate surface area is 194 Å². The SMILES string of the molecule is Cc1nc(NC2CC2)nc(NC2CC(C(O)CO)C(O)C2O)c1-c1nc2c(C)nccc2s1. The van der Waals surface area contributed by atoms with E-state index in [0.717, 1.165) is 45.0 Å². The summed E-state index contributed by atoms with van der Waals surface area (Å²) in [7, 11) is 0. The smallest absolute Gasteiger partial charge is 0.225 e. The molecule has 2 aliphatic rings. The first-order chi connectivity index (χ1) is 15.9. The van der Waals surface area contributed by atoms with Crippen molar-refractivity contribution in [3.05, 3.63) is 23.7 Å². The number of aromatic nitrogens is 4. The molecule has 33 heavy (non-hydrogen) atoms. The molecule has 11 heteroatoms. The topological polar surface area (TPSA) is 157 Å². The van der Waals surface area contributed by atoms with Crippen molar-refractivity contribution in [1.82, 2.24) is 19.9 Å². The van der Waals surface area contributed by atoms with E-state index in [1.807, 2.05) is 19.9 Å². The van der Waals surface area contributed by atoms with Crippen LogP contribution in [0.15, 0.2) is 12.3 Å². The fraction of sp³-hybridized carbons (Fsp3) is 0.545. The molecular formula is C22H28N6O4S.